The summed E-state index contributed by atoms with van der Waals surface area (Å²) in [6.45, 7) is 7.85. The van der Waals surface area contributed by atoms with Crippen LogP contribution in [0.1, 0.15) is 33.3 Å². The van der Waals surface area contributed by atoms with Crippen LogP contribution in [0.15, 0.2) is 24.3 Å². The van der Waals surface area contributed by atoms with Crippen LogP contribution in [-0.4, -0.2) is 18.3 Å². The maximum absolute atomic E-state index is 14.1. The topological polar surface area (TPSA) is 44.5 Å². The van der Waals surface area contributed by atoms with Gasteiger partial charge in [-0.15, -0.1) is 6.42 Å². The summed E-state index contributed by atoms with van der Waals surface area (Å²) in [6, 6.07) is 6.52. The van der Waals surface area contributed by atoms with Gasteiger partial charge in [-0.3, -0.25) is 0 Å². The number of halogens is 1. The first-order chi connectivity index (χ1) is 10.7. The number of nitrogen functional groups attached to an aromatic ring is 1. The van der Waals surface area contributed by atoms with Gasteiger partial charge in [0.15, 0.2) is 0 Å². The monoisotopic (exact) mass is 311 g/mol. The zero-order valence-corrected chi connectivity index (χ0v) is 13.7. The first-order valence-corrected chi connectivity index (χ1v) is 7.50. The van der Waals surface area contributed by atoms with Gasteiger partial charge < -0.3 is 15.0 Å². The maximum atomic E-state index is 14.1. The molecule has 1 fully saturated rings. The molecule has 0 bridgehead atoms. The lowest BCUT2D eigenvalue weighted by molar-refractivity contribution is 0.00578. The number of fused-ring (bicyclic) bond motifs is 1. The van der Waals surface area contributed by atoms with Gasteiger partial charge in [-0.05, 0) is 56.7 Å². The smallest absolute Gasteiger partial charge is 0.399 e. The highest BCUT2D eigenvalue weighted by molar-refractivity contribution is 6.65. The van der Waals surface area contributed by atoms with Crippen LogP contribution in [0.3, 0.4) is 0 Å². The van der Waals surface area contributed by atoms with E-state index in [0.717, 1.165) is 5.39 Å². The number of terminal acetylenes is 1. The first-order valence-electron chi connectivity index (χ1n) is 7.50. The second-order valence-corrected chi connectivity index (χ2v) is 6.86. The summed E-state index contributed by atoms with van der Waals surface area (Å²) in [4.78, 5) is 0. The summed E-state index contributed by atoms with van der Waals surface area (Å²) < 4.78 is 26.3. The normalized spacial score (nSPS) is 19.0. The number of nitrogens with two attached hydrogens (primary N) is 1. The van der Waals surface area contributed by atoms with Crippen molar-refractivity contribution in [1.29, 1.82) is 0 Å². The number of anilines is 1. The van der Waals surface area contributed by atoms with Crippen LogP contribution in [-0.2, 0) is 9.31 Å². The van der Waals surface area contributed by atoms with Crippen LogP contribution in [0.2, 0.25) is 0 Å². The standard InChI is InChI=1S/C18H19BFNO2/c1-6-13-15(20)8-7-11-9-12(21)10-14(16(11)13)19-22-17(2,3)18(4,5)23-19/h1,7-10H,21H2,2-5H3. The summed E-state index contributed by atoms with van der Waals surface area (Å²) >= 11 is 0. The Labute approximate surface area is 136 Å². The van der Waals surface area contributed by atoms with Gasteiger partial charge in [-0.1, -0.05) is 12.0 Å². The Bertz CT molecular complexity index is 823. The SMILES string of the molecule is C#Cc1c(F)ccc2cc(N)cc(B3OC(C)(C)C(C)(C)O3)c12. The Kier molecular flexibility index (Phi) is 3.44. The van der Waals surface area contributed by atoms with Crippen LogP contribution in [0, 0.1) is 18.2 Å². The van der Waals surface area contributed by atoms with Crippen molar-refractivity contribution >= 4 is 29.0 Å². The van der Waals surface area contributed by atoms with E-state index >= 15 is 0 Å². The van der Waals surface area contributed by atoms with Gasteiger partial charge in [0.1, 0.15) is 5.82 Å². The molecule has 0 unspecified atom stereocenters. The van der Waals surface area contributed by atoms with Crippen molar-refractivity contribution in [2.24, 2.45) is 0 Å². The van der Waals surface area contributed by atoms with Gasteiger partial charge in [0.2, 0.25) is 0 Å². The van der Waals surface area contributed by atoms with Gasteiger partial charge in [-0.2, -0.15) is 0 Å². The molecule has 5 heteroatoms. The first kappa shape index (κ1) is 15.9. The molecule has 0 aromatic heterocycles. The highest BCUT2D eigenvalue weighted by Crippen LogP contribution is 2.37. The van der Waals surface area contributed by atoms with Crippen molar-refractivity contribution in [3.05, 3.63) is 35.6 Å². The molecule has 0 spiro atoms. The quantitative estimate of drug-likeness (QED) is 0.500. The molecule has 2 aromatic carbocycles. The van der Waals surface area contributed by atoms with E-state index in [1.807, 2.05) is 27.7 Å². The fourth-order valence-electron chi connectivity index (χ4n) is 2.79. The highest BCUT2D eigenvalue weighted by Gasteiger charge is 2.52. The maximum Gasteiger partial charge on any atom is 0.495 e. The van der Waals surface area contributed by atoms with E-state index in [9.17, 15) is 4.39 Å². The molecule has 2 aromatic rings. The Balaban J connectivity index is 2.27. The lowest BCUT2D eigenvalue weighted by atomic mass is 9.74. The molecule has 1 aliphatic heterocycles. The number of benzene rings is 2. The molecule has 1 saturated heterocycles. The molecule has 3 rings (SSSR count). The summed E-state index contributed by atoms with van der Waals surface area (Å²) in [5, 5.41) is 1.38. The van der Waals surface area contributed by atoms with Crippen molar-refractivity contribution in [2.45, 2.75) is 38.9 Å². The predicted molar refractivity (Wildman–Crippen MR) is 92.0 cm³/mol. The lowest BCUT2D eigenvalue weighted by Crippen LogP contribution is -2.41. The van der Waals surface area contributed by atoms with E-state index in [4.69, 9.17) is 21.5 Å². The molecule has 2 N–H and O–H groups in total. The molecule has 0 atom stereocenters. The molecule has 118 valence electrons. The highest BCUT2D eigenvalue weighted by atomic mass is 19.1. The average molecular weight is 311 g/mol. The molecular weight excluding hydrogens is 292 g/mol. The van der Waals surface area contributed by atoms with Crippen LogP contribution < -0.4 is 11.2 Å². The second-order valence-electron chi connectivity index (χ2n) is 6.86. The van der Waals surface area contributed by atoms with Gasteiger partial charge >= 0.3 is 7.12 Å². The third-order valence-corrected chi connectivity index (χ3v) is 4.77. The Morgan fingerprint density at radius 3 is 2.30 bits per heavy atom. The summed E-state index contributed by atoms with van der Waals surface area (Å²) in [5.74, 6) is 1.99. The van der Waals surface area contributed by atoms with Gasteiger partial charge in [0.05, 0.1) is 16.8 Å². The van der Waals surface area contributed by atoms with Gasteiger partial charge in [-0.25, -0.2) is 4.39 Å². The van der Waals surface area contributed by atoms with Crippen molar-refractivity contribution in [3.8, 4) is 12.3 Å². The lowest BCUT2D eigenvalue weighted by Gasteiger charge is -2.32. The Hall–Kier alpha value is -2.03. The van der Waals surface area contributed by atoms with Crippen LogP contribution in [0.4, 0.5) is 10.1 Å². The fraction of sp³-hybridized carbons (Fsp3) is 0.333. The van der Waals surface area contributed by atoms with Crippen LogP contribution in [0.5, 0.6) is 0 Å². The fourth-order valence-corrected chi connectivity index (χ4v) is 2.79. The minimum atomic E-state index is -0.653. The average Bonchev–Trinajstić information content (AvgIpc) is 2.67. The predicted octanol–water partition coefficient (Wildman–Crippen LogP) is 2.84. The third kappa shape index (κ3) is 2.39. The van der Waals surface area contributed by atoms with Crippen LogP contribution >= 0.6 is 0 Å². The van der Waals surface area contributed by atoms with Crippen molar-refractivity contribution in [2.75, 3.05) is 5.73 Å². The molecule has 1 heterocycles. The molecule has 0 radical (unpaired) electrons. The van der Waals surface area contributed by atoms with Crippen molar-refractivity contribution in [3.63, 3.8) is 0 Å². The number of rotatable bonds is 1. The Morgan fingerprint density at radius 2 is 1.74 bits per heavy atom. The largest absolute Gasteiger partial charge is 0.495 e. The van der Waals surface area contributed by atoms with Crippen LogP contribution in [0.25, 0.3) is 10.8 Å². The molecule has 0 aliphatic carbocycles. The van der Waals surface area contributed by atoms with E-state index in [1.54, 1.807) is 18.2 Å². The van der Waals surface area contributed by atoms with E-state index in [1.165, 1.54) is 6.07 Å². The number of hydrogen-bond acceptors (Lipinski definition) is 3. The van der Waals surface area contributed by atoms with Gasteiger partial charge in [0, 0.05) is 11.1 Å². The van der Waals surface area contributed by atoms with Gasteiger partial charge in [0.25, 0.3) is 0 Å². The zero-order valence-electron chi connectivity index (χ0n) is 13.7. The van der Waals surface area contributed by atoms with E-state index in [-0.39, 0.29) is 5.56 Å². The summed E-state index contributed by atoms with van der Waals surface area (Å²) in [6.07, 6.45) is 5.53. The minimum Gasteiger partial charge on any atom is -0.399 e. The molecule has 23 heavy (non-hydrogen) atoms. The molecular formula is C18H19BFNO2. The van der Waals surface area contributed by atoms with E-state index in [2.05, 4.69) is 5.92 Å². The van der Waals surface area contributed by atoms with Crippen molar-refractivity contribution < 1.29 is 13.7 Å². The summed E-state index contributed by atoms with van der Waals surface area (Å²) in [7, 11) is -0.653. The molecule has 0 amide bonds. The van der Waals surface area contributed by atoms with Crippen molar-refractivity contribution in [1.82, 2.24) is 0 Å². The summed E-state index contributed by atoms with van der Waals surface area (Å²) in [5.41, 5.74) is 6.41. The molecule has 1 aliphatic rings. The molecule has 0 saturated carbocycles. The van der Waals surface area contributed by atoms with E-state index < -0.39 is 24.1 Å². The Morgan fingerprint density at radius 1 is 1.13 bits per heavy atom. The number of hydrogen-bond donors (Lipinski definition) is 1. The second kappa shape index (κ2) is 4.99. The minimum absolute atomic E-state index is 0.201. The third-order valence-electron chi connectivity index (χ3n) is 4.77. The molecule has 3 nitrogen and oxygen atoms in total. The van der Waals surface area contributed by atoms with E-state index in [0.29, 0.717) is 16.5 Å². The zero-order chi connectivity index (χ0) is 17.0.